The molecule has 0 saturated carbocycles. The van der Waals surface area contributed by atoms with Crippen molar-refractivity contribution in [2.75, 3.05) is 25.0 Å². The van der Waals surface area contributed by atoms with E-state index < -0.39 is 15.9 Å². The highest BCUT2D eigenvalue weighted by Crippen LogP contribution is 2.20. The predicted molar refractivity (Wildman–Crippen MR) is 116 cm³/mol. The summed E-state index contributed by atoms with van der Waals surface area (Å²) in [4.78, 5) is 28.3. The molecule has 164 valence electrons. The quantitative estimate of drug-likeness (QED) is 0.523. The molecule has 0 aliphatic rings. The van der Waals surface area contributed by atoms with Gasteiger partial charge in [-0.1, -0.05) is 20.3 Å². The number of hydrogen-bond donors (Lipinski definition) is 1. The number of carbonyl (C=O) groups excluding carboxylic acids is 2. The van der Waals surface area contributed by atoms with Crippen LogP contribution in [0.4, 0.5) is 5.13 Å². The molecule has 1 heterocycles. The first kappa shape index (κ1) is 24.0. The number of esters is 1. The van der Waals surface area contributed by atoms with E-state index >= 15 is 0 Å². The number of hydrogen-bond acceptors (Lipinski definition) is 7. The van der Waals surface area contributed by atoms with Gasteiger partial charge in [-0.15, -0.1) is 11.3 Å². The maximum atomic E-state index is 12.8. The normalized spacial score (nSPS) is 11.5. The zero-order valence-corrected chi connectivity index (χ0v) is 19.0. The van der Waals surface area contributed by atoms with Gasteiger partial charge in [0.2, 0.25) is 10.0 Å². The van der Waals surface area contributed by atoms with Crippen molar-refractivity contribution >= 4 is 38.4 Å². The van der Waals surface area contributed by atoms with E-state index in [0.717, 1.165) is 12.8 Å². The van der Waals surface area contributed by atoms with Gasteiger partial charge in [-0.3, -0.25) is 14.9 Å². The van der Waals surface area contributed by atoms with Gasteiger partial charge in [0.15, 0.2) is 5.13 Å². The van der Waals surface area contributed by atoms with E-state index in [-0.39, 0.29) is 17.3 Å². The molecular weight excluding hydrogens is 426 g/mol. The molecule has 2 aromatic rings. The SMILES string of the molecule is CCCCN(CC)S(=O)(=O)c1ccc(C(=O)Nc2nc(CC(=O)OCC)cs2)cc1. The van der Waals surface area contributed by atoms with Crippen molar-refractivity contribution in [2.24, 2.45) is 0 Å². The van der Waals surface area contributed by atoms with Crippen LogP contribution in [0.15, 0.2) is 34.5 Å². The van der Waals surface area contributed by atoms with Gasteiger partial charge in [0, 0.05) is 24.0 Å². The number of ether oxygens (including phenoxy) is 1. The lowest BCUT2D eigenvalue weighted by Gasteiger charge is -2.20. The van der Waals surface area contributed by atoms with Gasteiger partial charge in [-0.05, 0) is 37.6 Å². The molecule has 2 rings (SSSR count). The van der Waals surface area contributed by atoms with Crippen molar-refractivity contribution < 1.29 is 22.7 Å². The average Bonchev–Trinajstić information content (AvgIpc) is 3.15. The number of amides is 1. The molecule has 0 aliphatic carbocycles. The number of nitrogens with one attached hydrogen (secondary N) is 1. The minimum absolute atomic E-state index is 0.0404. The highest BCUT2D eigenvalue weighted by Gasteiger charge is 2.22. The van der Waals surface area contributed by atoms with Gasteiger partial charge in [-0.25, -0.2) is 13.4 Å². The fraction of sp³-hybridized carbons (Fsp3) is 0.450. The second kappa shape index (κ2) is 11.2. The molecule has 1 aromatic heterocycles. The van der Waals surface area contributed by atoms with Gasteiger partial charge in [0.05, 0.1) is 23.6 Å². The highest BCUT2D eigenvalue weighted by molar-refractivity contribution is 7.89. The number of sulfonamides is 1. The fourth-order valence-corrected chi connectivity index (χ4v) is 4.88. The summed E-state index contributed by atoms with van der Waals surface area (Å²) in [6.45, 7) is 6.70. The van der Waals surface area contributed by atoms with Crippen molar-refractivity contribution in [3.63, 3.8) is 0 Å². The Morgan fingerprint density at radius 1 is 1.17 bits per heavy atom. The fourth-order valence-electron chi connectivity index (χ4n) is 2.68. The molecule has 30 heavy (non-hydrogen) atoms. The lowest BCUT2D eigenvalue weighted by molar-refractivity contribution is -0.142. The Balaban J connectivity index is 2.05. The van der Waals surface area contributed by atoms with E-state index in [0.29, 0.717) is 36.1 Å². The molecule has 0 radical (unpaired) electrons. The molecule has 0 atom stereocenters. The Hall–Kier alpha value is -2.30. The van der Waals surface area contributed by atoms with Crippen molar-refractivity contribution in [2.45, 2.75) is 44.9 Å². The lowest BCUT2D eigenvalue weighted by atomic mass is 10.2. The van der Waals surface area contributed by atoms with E-state index in [1.807, 2.05) is 6.92 Å². The topological polar surface area (TPSA) is 106 Å². The first-order valence-corrected chi connectivity index (χ1v) is 12.1. The molecule has 0 aliphatic heterocycles. The van der Waals surface area contributed by atoms with Gasteiger partial charge in [0.25, 0.3) is 5.91 Å². The zero-order chi connectivity index (χ0) is 22.1. The number of rotatable bonds is 11. The van der Waals surface area contributed by atoms with Gasteiger partial charge in [-0.2, -0.15) is 4.31 Å². The van der Waals surface area contributed by atoms with Crippen LogP contribution >= 0.6 is 11.3 Å². The van der Waals surface area contributed by atoms with Crippen molar-refractivity contribution in [1.82, 2.24) is 9.29 Å². The van der Waals surface area contributed by atoms with Crippen molar-refractivity contribution in [3.8, 4) is 0 Å². The van der Waals surface area contributed by atoms with Crippen LogP contribution in [0.2, 0.25) is 0 Å². The number of benzene rings is 1. The average molecular weight is 454 g/mol. The number of anilines is 1. The number of nitrogens with zero attached hydrogens (tertiary/aromatic N) is 2. The molecule has 1 N–H and O–H groups in total. The van der Waals surface area contributed by atoms with Crippen LogP contribution in [0.3, 0.4) is 0 Å². The summed E-state index contributed by atoms with van der Waals surface area (Å²) in [6.07, 6.45) is 1.74. The monoisotopic (exact) mass is 453 g/mol. The van der Waals surface area contributed by atoms with E-state index in [9.17, 15) is 18.0 Å². The van der Waals surface area contributed by atoms with Gasteiger partial charge in [0.1, 0.15) is 0 Å². The van der Waals surface area contributed by atoms with Crippen LogP contribution in [-0.2, 0) is 26.0 Å². The Morgan fingerprint density at radius 3 is 2.47 bits per heavy atom. The maximum Gasteiger partial charge on any atom is 0.311 e. The third-order valence-corrected chi connectivity index (χ3v) is 7.07. The smallest absolute Gasteiger partial charge is 0.311 e. The number of carbonyl (C=O) groups is 2. The first-order valence-electron chi connectivity index (χ1n) is 9.83. The zero-order valence-electron chi connectivity index (χ0n) is 17.4. The molecule has 10 heteroatoms. The molecule has 0 spiro atoms. The third kappa shape index (κ3) is 6.35. The summed E-state index contributed by atoms with van der Waals surface area (Å²) >= 11 is 1.20. The number of thiazole rings is 1. The predicted octanol–water partition coefficient (Wildman–Crippen LogP) is 3.31. The Kier molecular flexibility index (Phi) is 8.94. The summed E-state index contributed by atoms with van der Waals surface area (Å²) in [6, 6.07) is 5.83. The van der Waals surface area contributed by atoms with Crippen LogP contribution in [0.25, 0.3) is 0 Å². The third-order valence-electron chi connectivity index (χ3n) is 4.27. The second-order valence-corrected chi connectivity index (χ2v) is 9.25. The molecule has 0 fully saturated rings. The van der Waals surface area contributed by atoms with Crippen LogP contribution in [-0.4, -0.2) is 49.3 Å². The largest absolute Gasteiger partial charge is 0.466 e. The van der Waals surface area contributed by atoms with Crippen LogP contribution in [0, 0.1) is 0 Å². The molecule has 8 nitrogen and oxygen atoms in total. The Labute approximate surface area is 181 Å². The summed E-state index contributed by atoms with van der Waals surface area (Å²) < 4.78 is 31.8. The second-order valence-electron chi connectivity index (χ2n) is 6.45. The molecule has 0 saturated heterocycles. The van der Waals surface area contributed by atoms with Crippen molar-refractivity contribution in [3.05, 3.63) is 40.9 Å². The summed E-state index contributed by atoms with van der Waals surface area (Å²) in [7, 11) is -3.59. The summed E-state index contributed by atoms with van der Waals surface area (Å²) in [5.41, 5.74) is 0.828. The minimum atomic E-state index is -3.59. The molecule has 0 bridgehead atoms. The van der Waals surface area contributed by atoms with E-state index in [1.165, 1.54) is 39.9 Å². The van der Waals surface area contributed by atoms with Crippen LogP contribution < -0.4 is 5.32 Å². The lowest BCUT2D eigenvalue weighted by Crippen LogP contribution is -2.31. The number of aromatic nitrogens is 1. The highest BCUT2D eigenvalue weighted by atomic mass is 32.2. The molecular formula is C20H27N3O5S2. The molecule has 0 unspecified atom stereocenters. The summed E-state index contributed by atoms with van der Waals surface area (Å²) in [5, 5.41) is 4.69. The summed E-state index contributed by atoms with van der Waals surface area (Å²) in [5.74, 6) is -0.785. The van der Waals surface area contributed by atoms with E-state index in [4.69, 9.17) is 4.74 Å². The van der Waals surface area contributed by atoms with Gasteiger partial charge < -0.3 is 4.74 Å². The Bertz CT molecular complexity index is 955. The molecule has 1 amide bonds. The number of unbranched alkanes of at least 4 members (excludes halogenated alkanes) is 1. The van der Waals surface area contributed by atoms with E-state index in [2.05, 4.69) is 10.3 Å². The van der Waals surface area contributed by atoms with Crippen molar-refractivity contribution in [1.29, 1.82) is 0 Å². The van der Waals surface area contributed by atoms with Gasteiger partial charge >= 0.3 is 5.97 Å². The minimum Gasteiger partial charge on any atom is -0.466 e. The first-order chi connectivity index (χ1) is 14.3. The van der Waals surface area contributed by atoms with Crippen LogP contribution in [0.1, 0.15) is 49.7 Å². The molecule has 1 aromatic carbocycles. The van der Waals surface area contributed by atoms with E-state index in [1.54, 1.807) is 19.2 Å². The standard InChI is InChI=1S/C20H27N3O5S2/c1-4-7-12-23(5-2)30(26,27)17-10-8-15(9-11-17)19(25)22-20-21-16(14-29-20)13-18(24)28-6-3/h8-11,14H,4-7,12-13H2,1-3H3,(H,21,22,25). The maximum absolute atomic E-state index is 12.8. The Morgan fingerprint density at radius 2 is 1.87 bits per heavy atom. The van der Waals surface area contributed by atoms with Crippen LogP contribution in [0.5, 0.6) is 0 Å².